The molecule has 0 amide bonds. The zero-order chi connectivity index (χ0) is 36.6. The Bertz CT molecular complexity index is 2860. The van der Waals surface area contributed by atoms with Crippen LogP contribution in [0.25, 0.3) is 101 Å². The minimum absolute atomic E-state index is 0.628. The third-order valence-electron chi connectivity index (χ3n) is 10.0. The Kier molecular flexibility index (Phi) is 8.08. The smallest absolute Gasteiger partial charge is 0.227 e. The van der Waals surface area contributed by atoms with E-state index >= 15 is 0 Å². The first-order valence-corrected chi connectivity index (χ1v) is 18.3. The maximum absolute atomic E-state index is 6.01. The lowest BCUT2D eigenvalue weighted by Crippen LogP contribution is -2.00. The van der Waals surface area contributed by atoms with Crippen LogP contribution in [0, 0.1) is 0 Å². The van der Waals surface area contributed by atoms with E-state index in [0.29, 0.717) is 23.4 Å². The Morgan fingerprint density at radius 2 is 0.745 bits per heavy atom. The van der Waals surface area contributed by atoms with Crippen molar-refractivity contribution in [2.75, 3.05) is 0 Å². The highest BCUT2D eigenvalue weighted by molar-refractivity contribution is 6.04. The van der Waals surface area contributed by atoms with Crippen molar-refractivity contribution in [3.8, 4) is 79.0 Å². The van der Waals surface area contributed by atoms with Gasteiger partial charge in [-0.05, 0) is 74.5 Å². The minimum Gasteiger partial charge on any atom is -0.436 e. The number of benzene rings is 8. The standard InChI is InChI=1S/C50H32N4O/c1-3-12-35(13-4-1)47-52-48(36-14-5-2-6-15-36)54-49(53-47)37-28-26-34(27-29-37)41-18-10-21-44-42(19-11-20-43(41)44)40-17-9-16-39(32-40)33-24-30-38(31-25-33)50-51-45-22-7-8-23-46(45)55-50/h1-32H. The molecule has 0 aliphatic carbocycles. The van der Waals surface area contributed by atoms with E-state index in [9.17, 15) is 0 Å². The van der Waals surface area contributed by atoms with E-state index in [2.05, 4.69) is 114 Å². The summed E-state index contributed by atoms with van der Waals surface area (Å²) in [6.07, 6.45) is 0. The summed E-state index contributed by atoms with van der Waals surface area (Å²) in [4.78, 5) is 19.4. The van der Waals surface area contributed by atoms with Gasteiger partial charge in [-0.1, -0.05) is 164 Å². The largest absolute Gasteiger partial charge is 0.436 e. The Labute approximate surface area is 318 Å². The second-order valence-electron chi connectivity index (χ2n) is 13.5. The Balaban J connectivity index is 0.969. The molecule has 2 aromatic heterocycles. The molecule has 0 radical (unpaired) electrons. The van der Waals surface area contributed by atoms with Crippen LogP contribution in [-0.2, 0) is 0 Å². The summed E-state index contributed by atoms with van der Waals surface area (Å²) in [5.41, 5.74) is 12.4. The number of hydrogen-bond donors (Lipinski definition) is 0. The fraction of sp³-hybridized carbons (Fsp3) is 0. The fourth-order valence-corrected chi connectivity index (χ4v) is 7.22. The summed E-state index contributed by atoms with van der Waals surface area (Å²) >= 11 is 0. The summed E-state index contributed by atoms with van der Waals surface area (Å²) < 4.78 is 6.01. The van der Waals surface area contributed by atoms with Crippen LogP contribution >= 0.6 is 0 Å². The SMILES string of the molecule is c1ccc(-c2nc(-c3ccccc3)nc(-c3ccc(-c4cccc5c(-c6cccc(-c7ccc(-c8nc9ccccc9o8)cc7)c6)cccc45)cc3)n2)cc1. The lowest BCUT2D eigenvalue weighted by molar-refractivity contribution is 0.620. The molecule has 5 heteroatoms. The first-order valence-electron chi connectivity index (χ1n) is 18.3. The molecular formula is C50H32N4O. The van der Waals surface area contributed by atoms with Gasteiger partial charge in [0.2, 0.25) is 5.89 Å². The number of fused-ring (bicyclic) bond motifs is 2. The Morgan fingerprint density at radius 1 is 0.291 bits per heavy atom. The predicted molar refractivity (Wildman–Crippen MR) is 223 cm³/mol. The van der Waals surface area contributed by atoms with E-state index in [0.717, 1.165) is 55.6 Å². The molecule has 8 aromatic carbocycles. The van der Waals surface area contributed by atoms with Crippen molar-refractivity contribution in [1.29, 1.82) is 0 Å². The summed E-state index contributed by atoms with van der Waals surface area (Å²) in [6, 6.07) is 66.8. The second kappa shape index (κ2) is 13.8. The number of oxazole rings is 1. The van der Waals surface area contributed by atoms with Crippen LogP contribution in [-0.4, -0.2) is 19.9 Å². The van der Waals surface area contributed by atoms with Gasteiger partial charge in [-0.3, -0.25) is 0 Å². The van der Waals surface area contributed by atoms with Crippen LogP contribution in [0.1, 0.15) is 0 Å². The quantitative estimate of drug-likeness (QED) is 0.165. The van der Waals surface area contributed by atoms with E-state index in [1.165, 1.54) is 21.9 Å². The molecule has 0 unspecified atom stereocenters. The minimum atomic E-state index is 0.628. The molecule has 0 saturated heterocycles. The number of nitrogens with zero attached hydrogens (tertiary/aromatic N) is 4. The molecular weight excluding hydrogens is 673 g/mol. The van der Waals surface area contributed by atoms with Crippen LogP contribution in [0.15, 0.2) is 199 Å². The number of aromatic nitrogens is 4. The van der Waals surface area contributed by atoms with Crippen molar-refractivity contribution in [3.63, 3.8) is 0 Å². The highest BCUT2D eigenvalue weighted by Crippen LogP contribution is 2.37. The molecule has 258 valence electrons. The topological polar surface area (TPSA) is 64.7 Å². The summed E-state index contributed by atoms with van der Waals surface area (Å²) in [5.74, 6) is 2.57. The molecule has 5 nitrogen and oxygen atoms in total. The molecule has 0 aliphatic heterocycles. The van der Waals surface area contributed by atoms with Crippen molar-refractivity contribution in [1.82, 2.24) is 19.9 Å². The van der Waals surface area contributed by atoms with E-state index in [1.54, 1.807) is 0 Å². The molecule has 0 saturated carbocycles. The third kappa shape index (κ3) is 6.24. The van der Waals surface area contributed by atoms with Crippen molar-refractivity contribution >= 4 is 21.9 Å². The number of rotatable bonds is 7. The molecule has 0 bridgehead atoms. The number of para-hydroxylation sites is 2. The third-order valence-corrected chi connectivity index (χ3v) is 10.0. The van der Waals surface area contributed by atoms with Crippen molar-refractivity contribution in [2.24, 2.45) is 0 Å². The molecule has 10 aromatic rings. The maximum atomic E-state index is 6.01. The van der Waals surface area contributed by atoms with Gasteiger partial charge in [-0.15, -0.1) is 0 Å². The van der Waals surface area contributed by atoms with Gasteiger partial charge in [0.05, 0.1) is 0 Å². The van der Waals surface area contributed by atoms with Crippen molar-refractivity contribution in [2.45, 2.75) is 0 Å². The lowest BCUT2D eigenvalue weighted by atomic mass is 9.91. The van der Waals surface area contributed by atoms with Crippen molar-refractivity contribution < 1.29 is 4.42 Å². The predicted octanol–water partition coefficient (Wildman–Crippen LogP) is 12.8. The van der Waals surface area contributed by atoms with E-state index in [4.69, 9.17) is 19.4 Å². The lowest BCUT2D eigenvalue weighted by Gasteiger charge is -2.13. The van der Waals surface area contributed by atoms with Gasteiger partial charge in [0, 0.05) is 22.3 Å². The molecule has 0 spiro atoms. The highest BCUT2D eigenvalue weighted by Gasteiger charge is 2.14. The van der Waals surface area contributed by atoms with Gasteiger partial charge >= 0.3 is 0 Å². The molecule has 10 rings (SSSR count). The summed E-state index contributed by atoms with van der Waals surface area (Å²) in [5, 5.41) is 2.39. The first kappa shape index (κ1) is 32.2. The average Bonchev–Trinajstić information content (AvgIpc) is 3.71. The van der Waals surface area contributed by atoms with E-state index in [-0.39, 0.29) is 0 Å². The molecule has 0 atom stereocenters. The summed E-state index contributed by atoms with van der Waals surface area (Å²) in [7, 11) is 0. The van der Waals surface area contributed by atoms with Gasteiger partial charge in [0.1, 0.15) is 5.52 Å². The maximum Gasteiger partial charge on any atom is 0.227 e. The van der Waals surface area contributed by atoms with Crippen LogP contribution in [0.5, 0.6) is 0 Å². The van der Waals surface area contributed by atoms with Gasteiger partial charge in [0.15, 0.2) is 23.1 Å². The van der Waals surface area contributed by atoms with E-state index in [1.807, 2.05) is 84.9 Å². The molecule has 0 aliphatic rings. The highest BCUT2D eigenvalue weighted by atomic mass is 16.3. The van der Waals surface area contributed by atoms with Crippen LogP contribution in [0.2, 0.25) is 0 Å². The molecule has 0 N–H and O–H groups in total. The zero-order valence-electron chi connectivity index (χ0n) is 29.7. The molecule has 55 heavy (non-hydrogen) atoms. The summed E-state index contributed by atoms with van der Waals surface area (Å²) in [6.45, 7) is 0. The van der Waals surface area contributed by atoms with Crippen LogP contribution in [0.3, 0.4) is 0 Å². The van der Waals surface area contributed by atoms with Crippen LogP contribution < -0.4 is 0 Å². The fourth-order valence-electron chi connectivity index (χ4n) is 7.22. The Morgan fingerprint density at radius 3 is 1.36 bits per heavy atom. The Hall–Kier alpha value is -7.50. The second-order valence-corrected chi connectivity index (χ2v) is 13.5. The molecule has 2 heterocycles. The van der Waals surface area contributed by atoms with Gasteiger partial charge in [-0.25, -0.2) is 19.9 Å². The zero-order valence-corrected chi connectivity index (χ0v) is 29.7. The average molecular weight is 705 g/mol. The number of hydrogen-bond acceptors (Lipinski definition) is 5. The normalized spacial score (nSPS) is 11.3. The van der Waals surface area contributed by atoms with Crippen LogP contribution in [0.4, 0.5) is 0 Å². The van der Waals surface area contributed by atoms with Gasteiger partial charge in [0.25, 0.3) is 0 Å². The van der Waals surface area contributed by atoms with Gasteiger partial charge < -0.3 is 4.42 Å². The first-order chi connectivity index (χ1) is 27.2. The molecule has 0 fully saturated rings. The van der Waals surface area contributed by atoms with E-state index < -0.39 is 0 Å². The van der Waals surface area contributed by atoms with Crippen molar-refractivity contribution in [3.05, 3.63) is 194 Å². The van der Waals surface area contributed by atoms with Gasteiger partial charge in [-0.2, -0.15) is 0 Å². The monoisotopic (exact) mass is 704 g/mol.